The summed E-state index contributed by atoms with van der Waals surface area (Å²) in [6.45, 7) is 3.02. The molecule has 25 heavy (non-hydrogen) atoms. The molecule has 0 unspecified atom stereocenters. The lowest BCUT2D eigenvalue weighted by Crippen LogP contribution is -2.38. The Morgan fingerprint density at radius 2 is 1.80 bits per heavy atom. The van der Waals surface area contributed by atoms with Gasteiger partial charge in [0.25, 0.3) is 0 Å². The van der Waals surface area contributed by atoms with E-state index in [1.807, 2.05) is 11.9 Å². The Morgan fingerprint density at radius 3 is 2.40 bits per heavy atom. The van der Waals surface area contributed by atoms with Crippen LogP contribution in [-0.2, 0) is 19.7 Å². The smallest absolute Gasteiger partial charge is 0.193 e. The van der Waals surface area contributed by atoms with Gasteiger partial charge in [0.2, 0.25) is 0 Å². The Labute approximate surface area is 165 Å². The fourth-order valence-corrected chi connectivity index (χ4v) is 2.47. The summed E-state index contributed by atoms with van der Waals surface area (Å²) >= 11 is 0. The lowest BCUT2D eigenvalue weighted by molar-refractivity contribution is 0.275. The number of guanidine groups is 1. The Hall–Kier alpha value is -1.67. The van der Waals surface area contributed by atoms with Gasteiger partial charge in [0.1, 0.15) is 5.82 Å². The van der Waals surface area contributed by atoms with Gasteiger partial charge in [-0.05, 0) is 30.2 Å². The SMILES string of the molecule is CN=C(NCc1ccc(F)c(CO)c1)N(C)Cc1ccc(C)cc1.I. The maximum Gasteiger partial charge on any atom is 0.193 e. The lowest BCUT2D eigenvalue weighted by Gasteiger charge is -2.22. The molecule has 0 aromatic heterocycles. The Bertz CT molecular complexity index is 704. The van der Waals surface area contributed by atoms with Gasteiger partial charge in [-0.3, -0.25) is 4.99 Å². The minimum absolute atomic E-state index is 0. The third-order valence-electron chi connectivity index (χ3n) is 3.84. The number of halogens is 2. The molecule has 0 aliphatic heterocycles. The predicted octanol–water partition coefficient (Wildman–Crippen LogP) is 3.45. The average molecular weight is 457 g/mol. The molecule has 6 heteroatoms. The molecule has 0 saturated heterocycles. The molecule has 0 spiro atoms. The molecule has 4 nitrogen and oxygen atoms in total. The molecule has 2 aromatic carbocycles. The minimum atomic E-state index is -0.387. The van der Waals surface area contributed by atoms with Gasteiger partial charge in [-0.15, -0.1) is 24.0 Å². The maximum atomic E-state index is 13.4. The first kappa shape index (κ1) is 21.4. The fourth-order valence-electron chi connectivity index (χ4n) is 2.47. The van der Waals surface area contributed by atoms with Gasteiger partial charge >= 0.3 is 0 Å². The van der Waals surface area contributed by atoms with E-state index >= 15 is 0 Å². The Morgan fingerprint density at radius 1 is 1.16 bits per heavy atom. The second-order valence-electron chi connectivity index (χ2n) is 5.83. The van der Waals surface area contributed by atoms with Gasteiger partial charge in [0.15, 0.2) is 5.96 Å². The zero-order valence-corrected chi connectivity index (χ0v) is 17.1. The normalized spacial score (nSPS) is 11.0. The van der Waals surface area contributed by atoms with Crippen LogP contribution in [0.15, 0.2) is 47.5 Å². The van der Waals surface area contributed by atoms with E-state index in [-0.39, 0.29) is 36.4 Å². The van der Waals surface area contributed by atoms with Crippen LogP contribution in [0.5, 0.6) is 0 Å². The molecule has 0 saturated carbocycles. The van der Waals surface area contributed by atoms with E-state index in [0.717, 1.165) is 18.1 Å². The summed E-state index contributed by atoms with van der Waals surface area (Å²) in [5.41, 5.74) is 3.64. The molecule has 0 bridgehead atoms. The first-order valence-corrected chi connectivity index (χ1v) is 7.89. The second-order valence-corrected chi connectivity index (χ2v) is 5.83. The van der Waals surface area contributed by atoms with Gasteiger partial charge in [-0.2, -0.15) is 0 Å². The number of nitrogens with zero attached hydrogens (tertiary/aromatic N) is 2. The van der Waals surface area contributed by atoms with E-state index in [1.165, 1.54) is 17.2 Å². The van der Waals surface area contributed by atoms with E-state index in [9.17, 15) is 4.39 Å². The van der Waals surface area contributed by atoms with Crippen molar-refractivity contribution >= 4 is 29.9 Å². The van der Waals surface area contributed by atoms with Crippen molar-refractivity contribution in [2.24, 2.45) is 4.99 Å². The number of aliphatic imine (C=N–C) groups is 1. The summed E-state index contributed by atoms with van der Waals surface area (Å²) in [5, 5.41) is 12.4. The van der Waals surface area contributed by atoms with Gasteiger partial charge in [-0.1, -0.05) is 35.9 Å². The lowest BCUT2D eigenvalue weighted by atomic mass is 10.1. The number of benzene rings is 2. The number of aliphatic hydroxyl groups is 1. The van der Waals surface area contributed by atoms with Crippen LogP contribution in [0.4, 0.5) is 4.39 Å². The predicted molar refractivity (Wildman–Crippen MR) is 111 cm³/mol. The molecular weight excluding hydrogens is 432 g/mol. The Kier molecular flexibility index (Phi) is 8.85. The van der Waals surface area contributed by atoms with Gasteiger partial charge in [0, 0.05) is 32.7 Å². The van der Waals surface area contributed by atoms with Crippen LogP contribution in [0.3, 0.4) is 0 Å². The van der Waals surface area contributed by atoms with Crippen molar-refractivity contribution in [1.29, 1.82) is 0 Å². The summed E-state index contributed by atoms with van der Waals surface area (Å²) in [6, 6.07) is 13.1. The summed E-state index contributed by atoms with van der Waals surface area (Å²) in [6.07, 6.45) is 0. The highest BCUT2D eigenvalue weighted by Gasteiger charge is 2.08. The van der Waals surface area contributed by atoms with Crippen molar-refractivity contribution in [3.63, 3.8) is 0 Å². The van der Waals surface area contributed by atoms with E-state index < -0.39 is 0 Å². The molecule has 136 valence electrons. The van der Waals surface area contributed by atoms with Crippen LogP contribution in [0.2, 0.25) is 0 Å². The van der Waals surface area contributed by atoms with Crippen molar-refractivity contribution in [1.82, 2.24) is 10.2 Å². The summed E-state index contributed by atoms with van der Waals surface area (Å²) in [5.74, 6) is 0.368. The number of rotatable bonds is 5. The van der Waals surface area contributed by atoms with Crippen molar-refractivity contribution in [3.8, 4) is 0 Å². The number of aryl methyl sites for hydroxylation is 1. The van der Waals surface area contributed by atoms with E-state index in [1.54, 1.807) is 19.2 Å². The van der Waals surface area contributed by atoms with E-state index in [4.69, 9.17) is 5.11 Å². The monoisotopic (exact) mass is 457 g/mol. The molecule has 0 amide bonds. The van der Waals surface area contributed by atoms with Crippen LogP contribution in [-0.4, -0.2) is 30.1 Å². The van der Waals surface area contributed by atoms with E-state index in [0.29, 0.717) is 12.1 Å². The van der Waals surface area contributed by atoms with Crippen molar-refractivity contribution in [2.75, 3.05) is 14.1 Å². The fraction of sp³-hybridized carbons (Fsp3) is 0.316. The highest BCUT2D eigenvalue weighted by molar-refractivity contribution is 14.0. The topological polar surface area (TPSA) is 47.9 Å². The molecule has 2 rings (SSSR count). The third-order valence-corrected chi connectivity index (χ3v) is 3.84. The second kappa shape index (κ2) is 10.4. The number of aliphatic hydroxyl groups excluding tert-OH is 1. The zero-order chi connectivity index (χ0) is 17.5. The summed E-state index contributed by atoms with van der Waals surface area (Å²) in [7, 11) is 3.71. The quantitative estimate of drug-likeness (QED) is 0.411. The molecule has 0 fully saturated rings. The standard InChI is InChI=1S/C19H24FN3O.HI/c1-14-4-6-15(7-5-14)12-23(3)19(21-2)22-11-16-8-9-18(20)17(10-16)13-24;/h4-10,24H,11-13H2,1-3H3,(H,21,22);1H. The van der Waals surface area contributed by atoms with Gasteiger partial charge in [-0.25, -0.2) is 4.39 Å². The Balaban J connectivity index is 0.00000312. The molecule has 0 heterocycles. The molecule has 2 N–H and O–H groups in total. The summed E-state index contributed by atoms with van der Waals surface area (Å²) < 4.78 is 13.4. The first-order chi connectivity index (χ1) is 11.5. The highest BCUT2D eigenvalue weighted by Crippen LogP contribution is 2.11. The molecule has 0 aliphatic rings. The van der Waals surface area contributed by atoms with Crippen molar-refractivity contribution < 1.29 is 9.50 Å². The molecular formula is C19H25FIN3O. The van der Waals surface area contributed by atoms with Gasteiger partial charge < -0.3 is 15.3 Å². The van der Waals surface area contributed by atoms with Crippen LogP contribution >= 0.6 is 24.0 Å². The highest BCUT2D eigenvalue weighted by atomic mass is 127. The maximum absolute atomic E-state index is 13.4. The zero-order valence-electron chi connectivity index (χ0n) is 14.8. The molecule has 2 aromatic rings. The molecule has 0 radical (unpaired) electrons. The number of hydrogen-bond acceptors (Lipinski definition) is 2. The van der Waals surface area contributed by atoms with Crippen LogP contribution in [0.1, 0.15) is 22.3 Å². The average Bonchev–Trinajstić information content (AvgIpc) is 2.58. The van der Waals surface area contributed by atoms with Crippen molar-refractivity contribution in [3.05, 3.63) is 70.5 Å². The minimum Gasteiger partial charge on any atom is -0.392 e. The van der Waals surface area contributed by atoms with Crippen molar-refractivity contribution in [2.45, 2.75) is 26.6 Å². The third kappa shape index (κ3) is 6.28. The first-order valence-electron chi connectivity index (χ1n) is 7.89. The largest absolute Gasteiger partial charge is 0.392 e. The van der Waals surface area contributed by atoms with E-state index in [2.05, 4.69) is 41.5 Å². The van der Waals surface area contributed by atoms with Gasteiger partial charge in [0.05, 0.1) is 6.61 Å². The molecule has 0 atom stereocenters. The van der Waals surface area contributed by atoms with Crippen LogP contribution < -0.4 is 5.32 Å². The van der Waals surface area contributed by atoms with Crippen LogP contribution in [0.25, 0.3) is 0 Å². The van der Waals surface area contributed by atoms with Crippen LogP contribution in [0, 0.1) is 12.7 Å². The number of nitrogens with one attached hydrogen (secondary N) is 1. The molecule has 0 aliphatic carbocycles. The number of hydrogen-bond donors (Lipinski definition) is 2. The summed E-state index contributed by atoms with van der Waals surface area (Å²) in [4.78, 5) is 6.31.